The van der Waals surface area contributed by atoms with Gasteiger partial charge in [0.25, 0.3) is 0 Å². The molecule has 4 saturated carbocycles. The molecule has 0 N–H and O–H groups in total. The monoisotopic (exact) mass is 936 g/mol. The van der Waals surface area contributed by atoms with Crippen molar-refractivity contribution >= 4 is 22.8 Å². The molecule has 2 aromatic carbocycles. The first-order valence-corrected chi connectivity index (χ1v) is 21.0. The van der Waals surface area contributed by atoms with Crippen LogP contribution in [0.5, 0.6) is 0 Å². The molecule has 0 aromatic heterocycles. The van der Waals surface area contributed by atoms with Crippen LogP contribution in [0, 0.1) is 57.6 Å². The minimum atomic E-state index is 0. The molecular weight excluding hydrogens is 880 g/mol. The normalized spacial score (nSPS) is 20.0. The summed E-state index contributed by atoms with van der Waals surface area (Å²) < 4.78 is 0. The van der Waals surface area contributed by atoms with Crippen LogP contribution >= 0.6 is 0 Å². The van der Waals surface area contributed by atoms with Gasteiger partial charge in [-0.25, -0.2) is 0 Å². The second-order valence-corrected chi connectivity index (χ2v) is 15.1. The van der Waals surface area contributed by atoms with Crippen LogP contribution in [0.4, 0.5) is 11.4 Å². The Morgan fingerprint density at radius 1 is 0.565 bits per heavy atom. The summed E-state index contributed by atoms with van der Waals surface area (Å²) in [4.78, 5) is 9.34. The molecule has 0 saturated heterocycles. The van der Waals surface area contributed by atoms with Gasteiger partial charge >= 0.3 is 35.0 Å². The van der Waals surface area contributed by atoms with Crippen LogP contribution in [0.1, 0.15) is 128 Å². The third-order valence-electron chi connectivity index (χ3n) is 8.59. The first-order chi connectivity index (χ1) is 20.9. The van der Waals surface area contributed by atoms with Gasteiger partial charge in [-0.15, -0.1) is 11.8 Å². The zero-order valence-electron chi connectivity index (χ0n) is 28.3. The molecular formula is C38H58Cl2Fe2N2Pd2. The summed E-state index contributed by atoms with van der Waals surface area (Å²) in [6.45, 7) is 8.49. The molecule has 2 nitrogen and oxygen atoms in total. The number of aryl methyl sites for hydroxylation is 2. The fourth-order valence-electron chi connectivity index (χ4n) is 5.89. The van der Waals surface area contributed by atoms with E-state index in [1.54, 1.807) is 0 Å². The van der Waals surface area contributed by atoms with Crippen LogP contribution in [-0.2, 0) is 70.5 Å². The fourth-order valence-corrected chi connectivity index (χ4v) is 5.89. The SMILES string of the molecule is C1CCCC1.C1CCCC1.CC(=Nc1ccc(C)cc1)C1[CH-]CCC1.CC(=Nc1ccc(C)cc1)C1[CH-]CCC1.[ClH+][Pd][ClH+].[Fe].[Fe].[Pd]. The Morgan fingerprint density at radius 2 is 0.826 bits per heavy atom. The fraction of sp³-hybridized carbons (Fsp3) is 0.579. The van der Waals surface area contributed by atoms with Crippen molar-refractivity contribution in [2.75, 3.05) is 0 Å². The van der Waals surface area contributed by atoms with Crippen LogP contribution in [-0.4, -0.2) is 11.4 Å². The molecule has 2 unspecified atom stereocenters. The van der Waals surface area contributed by atoms with Gasteiger partial charge in [-0.2, -0.15) is 12.8 Å². The van der Waals surface area contributed by atoms with E-state index in [9.17, 15) is 0 Å². The predicted molar refractivity (Wildman–Crippen MR) is 180 cm³/mol. The van der Waals surface area contributed by atoms with Crippen LogP contribution in [0.25, 0.3) is 0 Å². The minimum absolute atomic E-state index is 0. The third kappa shape index (κ3) is 23.2. The smallest absolute Gasteiger partial charge is 0 e. The average Bonchev–Trinajstić information content (AvgIpc) is 3.86. The molecule has 4 aliphatic rings. The maximum absolute atomic E-state index is 4.67. The summed E-state index contributed by atoms with van der Waals surface area (Å²) in [5.74, 6) is 1.23. The van der Waals surface area contributed by atoms with Gasteiger partial charge in [0.2, 0.25) is 0 Å². The molecule has 0 heterocycles. The van der Waals surface area contributed by atoms with E-state index in [-0.39, 0.29) is 70.5 Å². The predicted octanol–water partition coefficient (Wildman–Crippen LogP) is 11.5. The van der Waals surface area contributed by atoms with E-state index in [1.165, 1.54) is 125 Å². The summed E-state index contributed by atoms with van der Waals surface area (Å²) >= 11 is 0.117. The van der Waals surface area contributed by atoms with Crippen LogP contribution in [0.2, 0.25) is 0 Å². The second kappa shape index (κ2) is 31.7. The summed E-state index contributed by atoms with van der Waals surface area (Å²) in [5.41, 5.74) is 7.27. The van der Waals surface area contributed by atoms with Crippen LogP contribution in [0.3, 0.4) is 0 Å². The molecule has 0 bridgehead atoms. The largest absolute Gasteiger partial charge is 0 e. The molecule has 0 radical (unpaired) electrons. The molecule has 0 amide bonds. The quantitative estimate of drug-likeness (QED) is 0.166. The van der Waals surface area contributed by atoms with E-state index < -0.39 is 0 Å². The molecule has 4 aliphatic carbocycles. The first kappa shape index (κ1) is 48.8. The van der Waals surface area contributed by atoms with Gasteiger partial charge in [0.15, 0.2) is 0 Å². The number of aliphatic imine (C=N–C) groups is 2. The molecule has 6 rings (SSSR count). The Kier molecular flexibility index (Phi) is 33.6. The number of halogens is 2. The van der Waals surface area contributed by atoms with E-state index in [4.69, 9.17) is 0 Å². The molecule has 2 atom stereocenters. The first-order valence-electron chi connectivity index (χ1n) is 16.7. The van der Waals surface area contributed by atoms with Crippen LogP contribution < -0.4 is 0 Å². The standard InChI is InChI=1S/2C14H18N.2C5H10.2ClH.2Fe.2Pd/c2*1-11-7-9-14(10-8-11)15-12(2)13-5-3-4-6-13;2*1-2-4-5-3-1;;;;;;/h2*5,7-10,13H,3-4,6H2,1-2H3;2*1-5H2;2*1H;;;;/q2*-1;;;;;;;;+2. The Labute approximate surface area is 334 Å². The topological polar surface area (TPSA) is 24.7 Å². The van der Waals surface area contributed by atoms with Crippen molar-refractivity contribution in [2.45, 2.75) is 130 Å². The van der Waals surface area contributed by atoms with Gasteiger partial charge in [-0.3, -0.25) is 9.98 Å². The van der Waals surface area contributed by atoms with Crippen molar-refractivity contribution < 1.29 is 89.6 Å². The van der Waals surface area contributed by atoms with Crippen molar-refractivity contribution in [3.05, 3.63) is 72.5 Å². The number of nitrogens with zero attached hydrogens (tertiary/aromatic N) is 2. The summed E-state index contributed by atoms with van der Waals surface area (Å²) in [5, 5.41) is 0. The zero-order valence-corrected chi connectivity index (χ0v) is 35.2. The third-order valence-corrected chi connectivity index (χ3v) is 8.59. The molecule has 4 fully saturated rings. The van der Waals surface area contributed by atoms with E-state index in [1.807, 2.05) is 0 Å². The van der Waals surface area contributed by atoms with Crippen molar-refractivity contribution in [1.82, 2.24) is 0 Å². The Hall–Kier alpha value is 0.724. The van der Waals surface area contributed by atoms with Gasteiger partial charge in [0.1, 0.15) is 0 Å². The van der Waals surface area contributed by atoms with E-state index in [0.29, 0.717) is 11.8 Å². The van der Waals surface area contributed by atoms with Gasteiger partial charge in [-0.1, -0.05) is 125 Å². The molecule has 2 aromatic rings. The summed E-state index contributed by atoms with van der Waals surface area (Å²) in [7, 11) is 8.52. The van der Waals surface area contributed by atoms with Crippen molar-refractivity contribution in [1.29, 1.82) is 0 Å². The van der Waals surface area contributed by atoms with Crippen LogP contribution in [0.15, 0.2) is 58.5 Å². The average molecular weight is 938 g/mol. The molecule has 0 aliphatic heterocycles. The number of benzene rings is 2. The maximum Gasteiger partial charge on any atom is 0 e. The van der Waals surface area contributed by atoms with Gasteiger partial charge in [-0.05, 0) is 63.4 Å². The second-order valence-electron chi connectivity index (χ2n) is 12.3. The van der Waals surface area contributed by atoms with Gasteiger partial charge in [0.05, 0.1) is 11.4 Å². The maximum atomic E-state index is 4.67. The van der Waals surface area contributed by atoms with E-state index in [0.717, 1.165) is 11.4 Å². The van der Waals surface area contributed by atoms with Gasteiger partial charge < -0.3 is 12.8 Å². The Balaban J connectivity index is 0. The minimum Gasteiger partial charge on any atom is 0 e. The van der Waals surface area contributed by atoms with Gasteiger partial charge in [0, 0.05) is 54.6 Å². The number of hydrogen-bond donors (Lipinski definition) is 0. The molecule has 8 heteroatoms. The molecule has 46 heavy (non-hydrogen) atoms. The van der Waals surface area contributed by atoms with Crippen molar-refractivity contribution in [3.63, 3.8) is 0 Å². The van der Waals surface area contributed by atoms with Crippen molar-refractivity contribution in [3.8, 4) is 0 Å². The zero-order chi connectivity index (χ0) is 31.1. The van der Waals surface area contributed by atoms with E-state index in [2.05, 4.69) is 118 Å². The Morgan fingerprint density at radius 3 is 1.04 bits per heavy atom. The molecule has 0 spiro atoms. The number of rotatable bonds is 4. The molecule has 270 valence electrons. The Bertz CT molecular complexity index is 931. The van der Waals surface area contributed by atoms with E-state index >= 15 is 0 Å². The number of hydrogen-bond acceptors (Lipinski definition) is 2. The summed E-state index contributed by atoms with van der Waals surface area (Å²) in [6.07, 6.45) is 27.5. The summed E-state index contributed by atoms with van der Waals surface area (Å²) in [6, 6.07) is 16.8. The van der Waals surface area contributed by atoms with Crippen molar-refractivity contribution in [2.24, 2.45) is 21.8 Å².